The van der Waals surface area contributed by atoms with Gasteiger partial charge >= 0.3 is 0 Å². The fourth-order valence-electron chi connectivity index (χ4n) is 1.66. The summed E-state index contributed by atoms with van der Waals surface area (Å²) in [5.74, 6) is -0.0269. The summed E-state index contributed by atoms with van der Waals surface area (Å²) in [6.07, 6.45) is 0. The number of carbonyl (C=O) groups excluding carboxylic acids is 1. The number of piperazine rings is 1. The van der Waals surface area contributed by atoms with E-state index in [1.165, 1.54) is 16.2 Å². The number of carbonyl (C=O) groups is 1. The fourth-order valence-corrected chi connectivity index (χ4v) is 3.58. The van der Waals surface area contributed by atoms with Gasteiger partial charge in [-0.25, -0.2) is 5.01 Å². The Morgan fingerprint density at radius 2 is 2.12 bits per heavy atom. The zero-order valence-corrected chi connectivity index (χ0v) is 13.4. The molecule has 7 heteroatoms. The molecule has 0 unspecified atom stereocenters. The second-order valence-electron chi connectivity index (χ2n) is 4.12. The highest BCUT2D eigenvalue weighted by Crippen LogP contribution is 2.32. The number of halogens is 2. The maximum absolute atomic E-state index is 12.0. The molecule has 1 amide bonds. The first-order chi connectivity index (χ1) is 8.06. The summed E-state index contributed by atoms with van der Waals surface area (Å²) >= 11 is 8.21. The lowest BCUT2D eigenvalue weighted by molar-refractivity contribution is -0.884. The zero-order chi connectivity index (χ0) is 12.4. The summed E-state index contributed by atoms with van der Waals surface area (Å²) in [4.78, 5) is 14.2. The maximum Gasteiger partial charge on any atom is 0.275 e. The molecule has 2 heterocycles. The Morgan fingerprint density at radius 3 is 2.65 bits per heavy atom. The number of hydrogen-bond acceptors (Lipinski definition) is 3. The molecule has 17 heavy (non-hydrogen) atoms. The number of amides is 1. The van der Waals surface area contributed by atoms with Crippen LogP contribution in [0.4, 0.5) is 0 Å². The molecule has 0 atom stereocenters. The predicted molar refractivity (Wildman–Crippen MR) is 75.4 cm³/mol. The van der Waals surface area contributed by atoms with E-state index in [2.05, 4.69) is 44.3 Å². The lowest BCUT2D eigenvalue weighted by Crippen LogP contribution is -3.12. The van der Waals surface area contributed by atoms with Crippen molar-refractivity contribution in [3.05, 3.63) is 19.2 Å². The summed E-state index contributed by atoms with van der Waals surface area (Å²) < 4.78 is 1.88. The van der Waals surface area contributed by atoms with Crippen LogP contribution < -0.4 is 10.3 Å². The van der Waals surface area contributed by atoms with Gasteiger partial charge in [-0.15, -0.1) is 11.3 Å². The zero-order valence-electron chi connectivity index (χ0n) is 9.43. The molecule has 1 fully saturated rings. The third-order valence-electron chi connectivity index (χ3n) is 2.75. The third-order valence-corrected chi connectivity index (χ3v) is 6.00. The molecule has 0 radical (unpaired) electrons. The lowest BCUT2D eigenvalue weighted by Gasteiger charge is -2.29. The highest BCUT2D eigenvalue weighted by atomic mass is 79.9. The number of likely N-dealkylation sites (N-methyl/N-ethyl adjacent to an activating group) is 1. The fraction of sp³-hybridized carbons (Fsp3) is 0.500. The number of rotatable bonds is 2. The maximum atomic E-state index is 12.0. The molecule has 2 rings (SSSR count). The van der Waals surface area contributed by atoms with E-state index < -0.39 is 0 Å². The van der Waals surface area contributed by atoms with Crippen LogP contribution >= 0.6 is 43.2 Å². The van der Waals surface area contributed by atoms with Gasteiger partial charge in [-0.1, -0.05) is 0 Å². The highest BCUT2D eigenvalue weighted by molar-refractivity contribution is 9.13. The van der Waals surface area contributed by atoms with E-state index in [1.807, 2.05) is 11.1 Å². The Kier molecular flexibility index (Phi) is 4.59. The lowest BCUT2D eigenvalue weighted by atomic mass is 10.4. The van der Waals surface area contributed by atoms with Gasteiger partial charge in [0, 0.05) is 4.47 Å². The number of thiophene rings is 1. The summed E-state index contributed by atoms with van der Waals surface area (Å²) in [5.41, 5.74) is 2.95. The SMILES string of the molecule is C[NH+]1CCN(NC(=O)c2cc(Br)c(Br)s2)CC1. The van der Waals surface area contributed by atoms with Crippen LogP contribution in [-0.2, 0) is 0 Å². The van der Waals surface area contributed by atoms with Crippen molar-refractivity contribution in [1.82, 2.24) is 10.4 Å². The highest BCUT2D eigenvalue weighted by Gasteiger charge is 2.20. The Bertz CT molecular complexity index is 396. The molecule has 0 aliphatic carbocycles. The van der Waals surface area contributed by atoms with Crippen molar-refractivity contribution in [2.75, 3.05) is 33.2 Å². The van der Waals surface area contributed by atoms with E-state index >= 15 is 0 Å². The average Bonchev–Trinajstić information content (AvgIpc) is 2.63. The number of nitrogens with one attached hydrogen (secondary N) is 2. The number of hydrogen-bond donors (Lipinski definition) is 2. The smallest absolute Gasteiger partial charge is 0.275 e. The van der Waals surface area contributed by atoms with E-state index in [1.54, 1.807) is 0 Å². The topological polar surface area (TPSA) is 36.8 Å². The van der Waals surface area contributed by atoms with Crippen LogP contribution in [0.2, 0.25) is 0 Å². The Labute approximate surface area is 121 Å². The van der Waals surface area contributed by atoms with Gasteiger partial charge in [-0.05, 0) is 37.9 Å². The van der Waals surface area contributed by atoms with Crippen molar-refractivity contribution in [1.29, 1.82) is 0 Å². The first kappa shape index (κ1) is 13.5. The molecule has 4 nitrogen and oxygen atoms in total. The monoisotopic (exact) mass is 382 g/mol. The Hall–Kier alpha value is 0.0500. The molecule has 0 aromatic carbocycles. The number of hydrazine groups is 1. The minimum Gasteiger partial charge on any atom is -0.335 e. The summed E-state index contributed by atoms with van der Waals surface area (Å²) in [6, 6.07) is 1.84. The molecular formula is C10H14Br2N3OS+. The van der Waals surface area contributed by atoms with Gasteiger partial charge in [-0.3, -0.25) is 10.2 Å². The van der Waals surface area contributed by atoms with Crippen LogP contribution in [-0.4, -0.2) is 44.1 Å². The Balaban J connectivity index is 1.93. The molecular weight excluding hydrogens is 370 g/mol. The van der Waals surface area contributed by atoms with Crippen LogP contribution in [0.1, 0.15) is 9.67 Å². The average molecular weight is 384 g/mol. The molecule has 2 N–H and O–H groups in total. The van der Waals surface area contributed by atoms with Gasteiger partial charge in [0.2, 0.25) is 0 Å². The second-order valence-corrected chi connectivity index (χ2v) is 7.34. The van der Waals surface area contributed by atoms with E-state index in [0.29, 0.717) is 0 Å². The van der Waals surface area contributed by atoms with Gasteiger partial charge < -0.3 is 4.90 Å². The molecule has 1 aliphatic heterocycles. The molecule has 1 aromatic heterocycles. The van der Waals surface area contributed by atoms with Gasteiger partial charge in [0.1, 0.15) is 0 Å². The largest absolute Gasteiger partial charge is 0.335 e. The standard InChI is InChI=1S/C10H13Br2N3OS/c1-14-2-4-15(5-3-14)13-10(16)8-6-7(11)9(12)17-8/h6H,2-5H2,1H3,(H,13,16)/p+1. The normalized spacial score (nSPS) is 18.3. The second kappa shape index (κ2) is 5.79. The van der Waals surface area contributed by atoms with E-state index in [9.17, 15) is 4.79 Å². The molecule has 94 valence electrons. The molecule has 1 aromatic rings. The van der Waals surface area contributed by atoms with Crippen LogP contribution in [0.3, 0.4) is 0 Å². The van der Waals surface area contributed by atoms with Gasteiger partial charge in [0.05, 0.1) is 41.9 Å². The van der Waals surface area contributed by atoms with Crippen LogP contribution in [0.5, 0.6) is 0 Å². The minimum absolute atomic E-state index is 0.0269. The quantitative estimate of drug-likeness (QED) is 0.790. The van der Waals surface area contributed by atoms with E-state index in [4.69, 9.17) is 0 Å². The van der Waals surface area contributed by atoms with E-state index in [0.717, 1.165) is 39.3 Å². The van der Waals surface area contributed by atoms with Gasteiger partial charge in [0.15, 0.2) is 0 Å². The van der Waals surface area contributed by atoms with Crippen molar-refractivity contribution in [2.45, 2.75) is 0 Å². The van der Waals surface area contributed by atoms with Crippen LogP contribution in [0.25, 0.3) is 0 Å². The van der Waals surface area contributed by atoms with Crippen molar-refractivity contribution in [2.24, 2.45) is 0 Å². The third kappa shape index (κ3) is 3.51. The van der Waals surface area contributed by atoms with Crippen molar-refractivity contribution >= 4 is 49.1 Å². The molecule has 0 spiro atoms. The summed E-state index contributed by atoms with van der Waals surface area (Å²) in [7, 11) is 2.17. The number of quaternary nitrogens is 1. The van der Waals surface area contributed by atoms with Crippen molar-refractivity contribution < 1.29 is 9.69 Å². The van der Waals surface area contributed by atoms with Crippen molar-refractivity contribution in [3.63, 3.8) is 0 Å². The van der Waals surface area contributed by atoms with Crippen LogP contribution in [0.15, 0.2) is 14.3 Å². The van der Waals surface area contributed by atoms with E-state index in [-0.39, 0.29) is 5.91 Å². The number of nitrogens with zero attached hydrogens (tertiary/aromatic N) is 1. The summed E-state index contributed by atoms with van der Waals surface area (Å²) in [5, 5.41) is 2.00. The first-order valence-corrected chi connectivity index (χ1v) is 7.78. The van der Waals surface area contributed by atoms with Crippen LogP contribution in [0, 0.1) is 0 Å². The van der Waals surface area contributed by atoms with Gasteiger partial charge in [-0.2, -0.15) is 0 Å². The molecule has 0 bridgehead atoms. The minimum atomic E-state index is -0.0269. The van der Waals surface area contributed by atoms with Crippen molar-refractivity contribution in [3.8, 4) is 0 Å². The molecule has 1 aliphatic rings. The predicted octanol–water partition coefficient (Wildman–Crippen LogP) is 0.748. The first-order valence-electron chi connectivity index (χ1n) is 5.38. The molecule has 0 saturated carbocycles. The molecule has 1 saturated heterocycles. The Morgan fingerprint density at radius 1 is 1.47 bits per heavy atom. The van der Waals surface area contributed by atoms with Gasteiger partial charge in [0.25, 0.3) is 5.91 Å². The summed E-state index contributed by atoms with van der Waals surface area (Å²) in [6.45, 7) is 3.95.